The van der Waals surface area contributed by atoms with Crippen LogP contribution in [-0.2, 0) is 0 Å². The number of aromatic nitrogens is 1. The average molecular weight is 238 g/mol. The number of hydrogen-bond acceptors (Lipinski definition) is 3. The number of para-hydroxylation sites is 2. The summed E-state index contributed by atoms with van der Waals surface area (Å²) in [6.45, 7) is 2.09. The monoisotopic (exact) mass is 238 g/mol. The number of nitrogens with zero attached hydrogens (tertiary/aromatic N) is 1. The molecule has 90 valence electrons. The van der Waals surface area contributed by atoms with E-state index in [1.54, 1.807) is 0 Å². The Labute approximate surface area is 105 Å². The van der Waals surface area contributed by atoms with Gasteiger partial charge in [-0.15, -0.1) is 0 Å². The summed E-state index contributed by atoms with van der Waals surface area (Å²) in [6.07, 6.45) is 0. The Bertz CT molecular complexity index is 613. The molecule has 3 aromatic rings. The predicted molar refractivity (Wildman–Crippen MR) is 72.5 cm³/mol. The van der Waals surface area contributed by atoms with Gasteiger partial charge in [0, 0.05) is 0 Å². The Morgan fingerprint density at radius 2 is 1.72 bits per heavy atom. The van der Waals surface area contributed by atoms with Crippen molar-refractivity contribution in [3.05, 3.63) is 60.2 Å². The highest BCUT2D eigenvalue weighted by Gasteiger charge is 2.09. The Hall–Kier alpha value is -2.29. The van der Waals surface area contributed by atoms with E-state index >= 15 is 0 Å². The van der Waals surface area contributed by atoms with Crippen molar-refractivity contribution < 1.29 is 4.42 Å². The molecule has 1 N–H and O–H groups in total. The van der Waals surface area contributed by atoms with Crippen LogP contribution < -0.4 is 5.32 Å². The van der Waals surface area contributed by atoms with Gasteiger partial charge in [-0.2, -0.15) is 4.98 Å². The summed E-state index contributed by atoms with van der Waals surface area (Å²) in [5.74, 6) is 0. The smallest absolute Gasteiger partial charge is 0.296 e. The highest BCUT2D eigenvalue weighted by Crippen LogP contribution is 2.22. The molecule has 1 atom stereocenters. The van der Waals surface area contributed by atoms with E-state index in [9.17, 15) is 0 Å². The lowest BCUT2D eigenvalue weighted by Gasteiger charge is -2.11. The number of oxazole rings is 1. The van der Waals surface area contributed by atoms with Crippen LogP contribution in [0.25, 0.3) is 11.1 Å². The second-order valence-electron chi connectivity index (χ2n) is 4.26. The first-order valence-corrected chi connectivity index (χ1v) is 6.00. The maximum Gasteiger partial charge on any atom is 0.296 e. The van der Waals surface area contributed by atoms with E-state index in [0.717, 1.165) is 11.1 Å². The van der Waals surface area contributed by atoms with Gasteiger partial charge in [0.25, 0.3) is 6.01 Å². The second kappa shape index (κ2) is 4.53. The van der Waals surface area contributed by atoms with E-state index < -0.39 is 0 Å². The van der Waals surface area contributed by atoms with Crippen molar-refractivity contribution in [1.82, 2.24) is 4.98 Å². The van der Waals surface area contributed by atoms with Crippen LogP contribution in [0.4, 0.5) is 6.01 Å². The van der Waals surface area contributed by atoms with Gasteiger partial charge in [-0.1, -0.05) is 42.5 Å². The molecular weight excluding hydrogens is 224 g/mol. The van der Waals surface area contributed by atoms with Crippen LogP contribution in [0, 0.1) is 0 Å². The van der Waals surface area contributed by atoms with Crippen molar-refractivity contribution in [2.45, 2.75) is 13.0 Å². The van der Waals surface area contributed by atoms with Crippen molar-refractivity contribution in [2.75, 3.05) is 5.32 Å². The number of fused-ring (bicyclic) bond motifs is 1. The first-order valence-electron chi connectivity index (χ1n) is 6.00. The molecule has 0 spiro atoms. The minimum Gasteiger partial charge on any atom is -0.424 e. The first-order chi connectivity index (χ1) is 8.83. The lowest BCUT2D eigenvalue weighted by molar-refractivity contribution is 0.604. The first kappa shape index (κ1) is 10.8. The van der Waals surface area contributed by atoms with Crippen molar-refractivity contribution >= 4 is 17.1 Å². The van der Waals surface area contributed by atoms with Crippen molar-refractivity contribution in [2.24, 2.45) is 0 Å². The molecule has 0 aliphatic carbocycles. The maximum absolute atomic E-state index is 5.64. The molecule has 3 rings (SSSR count). The van der Waals surface area contributed by atoms with Crippen molar-refractivity contribution in [1.29, 1.82) is 0 Å². The van der Waals surface area contributed by atoms with Gasteiger partial charge < -0.3 is 9.73 Å². The van der Waals surface area contributed by atoms with Crippen LogP contribution in [0.5, 0.6) is 0 Å². The molecule has 0 radical (unpaired) electrons. The molecule has 1 aromatic heterocycles. The Balaban J connectivity index is 1.84. The van der Waals surface area contributed by atoms with Crippen LogP contribution in [0.1, 0.15) is 18.5 Å². The fraction of sp³-hybridized carbons (Fsp3) is 0.133. The van der Waals surface area contributed by atoms with Crippen molar-refractivity contribution in [3.8, 4) is 0 Å². The minimum atomic E-state index is 0.166. The third kappa shape index (κ3) is 2.07. The van der Waals surface area contributed by atoms with E-state index in [1.807, 2.05) is 42.5 Å². The van der Waals surface area contributed by atoms with Crippen LogP contribution in [0.3, 0.4) is 0 Å². The summed E-state index contributed by atoms with van der Waals surface area (Å²) >= 11 is 0. The molecule has 0 amide bonds. The molecule has 3 heteroatoms. The van der Waals surface area contributed by atoms with Gasteiger partial charge in [0.2, 0.25) is 0 Å². The molecule has 2 aromatic carbocycles. The van der Waals surface area contributed by atoms with Crippen LogP contribution in [-0.4, -0.2) is 4.98 Å². The van der Waals surface area contributed by atoms with E-state index in [2.05, 4.69) is 29.4 Å². The summed E-state index contributed by atoms with van der Waals surface area (Å²) in [5, 5.41) is 3.27. The zero-order valence-corrected chi connectivity index (χ0v) is 10.1. The Morgan fingerprint density at radius 1 is 1.00 bits per heavy atom. The van der Waals surface area contributed by atoms with E-state index in [-0.39, 0.29) is 6.04 Å². The minimum absolute atomic E-state index is 0.166. The van der Waals surface area contributed by atoms with E-state index in [1.165, 1.54) is 5.56 Å². The summed E-state index contributed by atoms with van der Waals surface area (Å²) in [6, 6.07) is 18.7. The molecule has 0 saturated heterocycles. The normalized spacial score (nSPS) is 12.5. The van der Waals surface area contributed by atoms with Crippen molar-refractivity contribution in [3.63, 3.8) is 0 Å². The Kier molecular flexibility index (Phi) is 2.73. The second-order valence-corrected chi connectivity index (χ2v) is 4.26. The molecule has 0 aliphatic rings. The number of hydrogen-bond donors (Lipinski definition) is 1. The molecule has 0 bridgehead atoms. The molecule has 0 fully saturated rings. The van der Waals surface area contributed by atoms with Gasteiger partial charge in [0.05, 0.1) is 6.04 Å². The van der Waals surface area contributed by atoms with E-state index in [0.29, 0.717) is 6.01 Å². The van der Waals surface area contributed by atoms with Gasteiger partial charge in [-0.3, -0.25) is 0 Å². The number of rotatable bonds is 3. The molecule has 3 nitrogen and oxygen atoms in total. The molecule has 1 heterocycles. The molecule has 18 heavy (non-hydrogen) atoms. The molecular formula is C15H14N2O. The van der Waals surface area contributed by atoms with Crippen LogP contribution in [0.15, 0.2) is 59.0 Å². The standard InChI is InChI=1S/C15H14N2O/c1-11(12-7-3-2-4-8-12)16-15-17-13-9-5-6-10-14(13)18-15/h2-11H,1H3,(H,16,17)/t11-/m1/s1. The summed E-state index contributed by atoms with van der Waals surface area (Å²) in [4.78, 5) is 4.40. The van der Waals surface area contributed by atoms with Gasteiger partial charge >= 0.3 is 0 Å². The quantitative estimate of drug-likeness (QED) is 0.749. The summed E-state index contributed by atoms with van der Waals surface area (Å²) < 4.78 is 5.64. The fourth-order valence-electron chi connectivity index (χ4n) is 1.94. The Morgan fingerprint density at radius 3 is 2.50 bits per heavy atom. The van der Waals surface area contributed by atoms with Crippen LogP contribution >= 0.6 is 0 Å². The van der Waals surface area contributed by atoms with Gasteiger partial charge in [0.1, 0.15) is 5.52 Å². The third-order valence-electron chi connectivity index (χ3n) is 2.93. The summed E-state index contributed by atoms with van der Waals surface area (Å²) in [7, 11) is 0. The predicted octanol–water partition coefficient (Wildman–Crippen LogP) is 4.00. The number of anilines is 1. The third-order valence-corrected chi connectivity index (χ3v) is 2.93. The summed E-state index contributed by atoms with van der Waals surface area (Å²) in [5.41, 5.74) is 2.89. The zero-order chi connectivity index (χ0) is 12.4. The SMILES string of the molecule is C[C@@H](Nc1nc2ccccc2o1)c1ccccc1. The lowest BCUT2D eigenvalue weighted by Crippen LogP contribution is -2.06. The molecule has 0 unspecified atom stereocenters. The highest BCUT2D eigenvalue weighted by atomic mass is 16.4. The average Bonchev–Trinajstić information content (AvgIpc) is 2.82. The van der Waals surface area contributed by atoms with Gasteiger partial charge in [-0.25, -0.2) is 0 Å². The molecule has 0 aliphatic heterocycles. The van der Waals surface area contributed by atoms with Gasteiger partial charge in [0.15, 0.2) is 5.58 Å². The highest BCUT2D eigenvalue weighted by molar-refractivity contribution is 5.74. The van der Waals surface area contributed by atoms with Crippen LogP contribution in [0.2, 0.25) is 0 Å². The number of nitrogens with one attached hydrogen (secondary N) is 1. The number of benzene rings is 2. The molecule has 0 saturated carbocycles. The zero-order valence-electron chi connectivity index (χ0n) is 10.1. The largest absolute Gasteiger partial charge is 0.424 e. The maximum atomic E-state index is 5.64. The lowest BCUT2D eigenvalue weighted by atomic mass is 10.1. The fourth-order valence-corrected chi connectivity index (χ4v) is 1.94. The van der Waals surface area contributed by atoms with Gasteiger partial charge in [-0.05, 0) is 24.6 Å². The van der Waals surface area contributed by atoms with E-state index in [4.69, 9.17) is 4.42 Å². The topological polar surface area (TPSA) is 38.1 Å².